The Morgan fingerprint density at radius 3 is 2.78 bits per heavy atom. The highest BCUT2D eigenvalue weighted by atomic mass is 35.5. The molecule has 3 rings (SSSR count). The van der Waals surface area contributed by atoms with E-state index in [2.05, 4.69) is 10.5 Å². The number of piperidine rings is 1. The first-order valence-corrected chi connectivity index (χ1v) is 7.67. The van der Waals surface area contributed by atoms with Gasteiger partial charge in [-0.15, -0.1) is 12.4 Å². The molecule has 1 fully saturated rings. The van der Waals surface area contributed by atoms with Crippen LogP contribution in [0.3, 0.4) is 0 Å². The van der Waals surface area contributed by atoms with E-state index in [0.717, 1.165) is 31.5 Å². The van der Waals surface area contributed by atoms with Crippen LogP contribution in [0.15, 0.2) is 34.9 Å². The summed E-state index contributed by atoms with van der Waals surface area (Å²) in [6.07, 6.45) is 2.11. The molecule has 5 nitrogen and oxygen atoms in total. The quantitative estimate of drug-likeness (QED) is 0.937. The zero-order valence-electron chi connectivity index (χ0n) is 13.4. The van der Waals surface area contributed by atoms with E-state index in [4.69, 9.17) is 4.52 Å². The predicted octanol–water partition coefficient (Wildman–Crippen LogP) is 2.90. The van der Waals surface area contributed by atoms with Crippen molar-refractivity contribution in [3.63, 3.8) is 0 Å². The number of hydrogen-bond acceptors (Lipinski definition) is 4. The van der Waals surface area contributed by atoms with Crippen molar-refractivity contribution in [2.45, 2.75) is 25.8 Å². The van der Waals surface area contributed by atoms with Crippen molar-refractivity contribution in [1.82, 2.24) is 15.4 Å². The smallest absolute Gasteiger partial charge is 0.292 e. The third kappa shape index (κ3) is 3.92. The van der Waals surface area contributed by atoms with Gasteiger partial charge < -0.3 is 14.7 Å². The summed E-state index contributed by atoms with van der Waals surface area (Å²) in [7, 11) is 1.93. The minimum Gasteiger partial charge on any atom is -0.350 e. The van der Waals surface area contributed by atoms with Gasteiger partial charge in [0.15, 0.2) is 0 Å². The van der Waals surface area contributed by atoms with Gasteiger partial charge in [0.1, 0.15) is 5.69 Å². The van der Waals surface area contributed by atoms with E-state index in [1.807, 2.05) is 43.1 Å². The number of carbonyl (C=O) groups is 1. The number of aryl methyl sites for hydroxylation is 1. The number of likely N-dealkylation sites (N-methyl/N-ethyl adjacent to an activating group) is 1. The largest absolute Gasteiger partial charge is 0.350 e. The first-order chi connectivity index (χ1) is 10.7. The van der Waals surface area contributed by atoms with Gasteiger partial charge in [-0.2, -0.15) is 0 Å². The zero-order valence-corrected chi connectivity index (χ0v) is 14.2. The van der Waals surface area contributed by atoms with Crippen molar-refractivity contribution in [2.24, 2.45) is 0 Å². The molecule has 6 heteroatoms. The molecule has 1 aromatic heterocycles. The number of rotatable bonds is 3. The molecule has 2 aromatic rings. The minimum absolute atomic E-state index is 0. The van der Waals surface area contributed by atoms with Crippen LogP contribution < -0.4 is 5.32 Å². The van der Waals surface area contributed by atoms with Gasteiger partial charge in [-0.1, -0.05) is 35.0 Å². The molecule has 0 bridgehead atoms. The molecule has 23 heavy (non-hydrogen) atoms. The van der Waals surface area contributed by atoms with Gasteiger partial charge in [-0.25, -0.2) is 0 Å². The van der Waals surface area contributed by atoms with Crippen LogP contribution >= 0.6 is 12.4 Å². The van der Waals surface area contributed by atoms with Crippen LogP contribution in [0.1, 0.15) is 29.0 Å². The number of likely N-dealkylation sites (tertiary alicyclic amines) is 1. The lowest BCUT2D eigenvalue weighted by Gasteiger charge is -2.31. The molecule has 1 aliphatic heterocycles. The molecule has 1 N–H and O–H groups in total. The van der Waals surface area contributed by atoms with Crippen LogP contribution in [0.2, 0.25) is 0 Å². The van der Waals surface area contributed by atoms with Crippen molar-refractivity contribution < 1.29 is 9.32 Å². The highest BCUT2D eigenvalue weighted by Crippen LogP contribution is 2.21. The second-order valence-corrected chi connectivity index (χ2v) is 5.82. The number of benzene rings is 1. The summed E-state index contributed by atoms with van der Waals surface area (Å²) in [5.41, 5.74) is 2.85. The van der Waals surface area contributed by atoms with Crippen LogP contribution in [0.5, 0.6) is 0 Å². The lowest BCUT2D eigenvalue weighted by molar-refractivity contribution is 0.0656. The van der Waals surface area contributed by atoms with Crippen LogP contribution in [0.4, 0.5) is 0 Å². The SMILES string of the molecule is CNC1CCCN(C(=O)c2cc(-c3ccc(C)cc3)no2)C1.Cl. The highest BCUT2D eigenvalue weighted by Gasteiger charge is 2.26. The fraction of sp³-hybridized carbons (Fsp3) is 0.412. The van der Waals surface area contributed by atoms with Crippen LogP contribution in [0, 0.1) is 6.92 Å². The minimum atomic E-state index is -0.0780. The fourth-order valence-electron chi connectivity index (χ4n) is 2.79. The number of hydrogen-bond donors (Lipinski definition) is 1. The zero-order chi connectivity index (χ0) is 15.5. The molecule has 1 aliphatic rings. The second kappa shape index (κ2) is 7.62. The van der Waals surface area contributed by atoms with Gasteiger partial charge in [-0.05, 0) is 26.8 Å². The summed E-state index contributed by atoms with van der Waals surface area (Å²) in [5, 5.41) is 7.27. The Labute approximate surface area is 142 Å². The standard InChI is InChI=1S/C17H21N3O2.ClH/c1-12-5-7-13(8-6-12)15-10-16(22-19-15)17(21)20-9-3-4-14(11-20)18-2;/h5-8,10,14,18H,3-4,9,11H2,1-2H3;1H. The maximum absolute atomic E-state index is 12.5. The van der Waals surface area contributed by atoms with Crippen molar-refractivity contribution in [3.8, 4) is 11.3 Å². The maximum Gasteiger partial charge on any atom is 0.292 e. The van der Waals surface area contributed by atoms with E-state index >= 15 is 0 Å². The van der Waals surface area contributed by atoms with Gasteiger partial charge in [-0.3, -0.25) is 4.79 Å². The Balaban J connectivity index is 0.00000192. The Bertz CT molecular complexity index is 654. The van der Waals surface area contributed by atoms with Gasteiger partial charge >= 0.3 is 0 Å². The van der Waals surface area contributed by atoms with E-state index in [0.29, 0.717) is 17.5 Å². The number of aromatic nitrogens is 1. The van der Waals surface area contributed by atoms with Gasteiger partial charge in [0.2, 0.25) is 5.76 Å². The first kappa shape index (κ1) is 17.5. The van der Waals surface area contributed by atoms with E-state index in [9.17, 15) is 4.79 Å². The average molecular weight is 336 g/mol. The predicted molar refractivity (Wildman–Crippen MR) is 91.9 cm³/mol. The molecule has 0 spiro atoms. The lowest BCUT2D eigenvalue weighted by atomic mass is 10.1. The number of amides is 1. The topological polar surface area (TPSA) is 58.4 Å². The number of nitrogens with zero attached hydrogens (tertiary/aromatic N) is 2. The number of nitrogens with one attached hydrogen (secondary N) is 1. The Morgan fingerprint density at radius 2 is 2.09 bits per heavy atom. The fourth-order valence-corrected chi connectivity index (χ4v) is 2.79. The van der Waals surface area contributed by atoms with Gasteiger partial charge in [0, 0.05) is 30.8 Å². The monoisotopic (exact) mass is 335 g/mol. The van der Waals surface area contributed by atoms with E-state index in [1.54, 1.807) is 6.07 Å². The normalized spacial score (nSPS) is 17.7. The van der Waals surface area contributed by atoms with Crippen LogP contribution in [-0.4, -0.2) is 42.1 Å². The van der Waals surface area contributed by atoms with E-state index in [1.165, 1.54) is 5.56 Å². The average Bonchev–Trinajstić information content (AvgIpc) is 3.05. The molecule has 0 saturated carbocycles. The van der Waals surface area contributed by atoms with Crippen molar-refractivity contribution in [2.75, 3.05) is 20.1 Å². The van der Waals surface area contributed by atoms with Crippen LogP contribution in [-0.2, 0) is 0 Å². The molecular formula is C17H22ClN3O2. The lowest BCUT2D eigenvalue weighted by Crippen LogP contribution is -2.46. The molecule has 1 atom stereocenters. The summed E-state index contributed by atoms with van der Waals surface area (Å²) in [5.74, 6) is 0.234. The number of halogens is 1. The molecule has 1 amide bonds. The molecule has 1 aromatic carbocycles. The Hall–Kier alpha value is -1.85. The van der Waals surface area contributed by atoms with E-state index in [-0.39, 0.29) is 18.3 Å². The Morgan fingerprint density at radius 1 is 1.35 bits per heavy atom. The third-order valence-electron chi connectivity index (χ3n) is 4.19. The first-order valence-electron chi connectivity index (χ1n) is 7.67. The van der Waals surface area contributed by atoms with Crippen LogP contribution in [0.25, 0.3) is 11.3 Å². The van der Waals surface area contributed by atoms with Gasteiger partial charge in [0.05, 0.1) is 0 Å². The molecule has 0 radical (unpaired) electrons. The molecule has 2 heterocycles. The van der Waals surface area contributed by atoms with E-state index < -0.39 is 0 Å². The van der Waals surface area contributed by atoms with Crippen molar-refractivity contribution in [3.05, 3.63) is 41.7 Å². The summed E-state index contributed by atoms with van der Waals surface area (Å²) in [6.45, 7) is 3.53. The molecule has 1 saturated heterocycles. The maximum atomic E-state index is 12.5. The summed E-state index contributed by atoms with van der Waals surface area (Å²) < 4.78 is 5.27. The number of carbonyl (C=O) groups excluding carboxylic acids is 1. The summed E-state index contributed by atoms with van der Waals surface area (Å²) in [4.78, 5) is 14.4. The van der Waals surface area contributed by atoms with Crippen molar-refractivity contribution >= 4 is 18.3 Å². The van der Waals surface area contributed by atoms with Crippen molar-refractivity contribution in [1.29, 1.82) is 0 Å². The molecule has 124 valence electrons. The molecule has 1 unspecified atom stereocenters. The summed E-state index contributed by atoms with van der Waals surface area (Å²) in [6, 6.07) is 10.1. The third-order valence-corrected chi connectivity index (χ3v) is 4.19. The molecule has 0 aliphatic carbocycles. The second-order valence-electron chi connectivity index (χ2n) is 5.82. The molecular weight excluding hydrogens is 314 g/mol. The van der Waals surface area contributed by atoms with Gasteiger partial charge in [0.25, 0.3) is 5.91 Å². The summed E-state index contributed by atoms with van der Waals surface area (Å²) >= 11 is 0. The Kier molecular flexibility index (Phi) is 5.80. The highest BCUT2D eigenvalue weighted by molar-refractivity contribution is 5.92.